The molecule has 1 amide bonds. The molecule has 0 fully saturated rings. The first-order valence-electron chi connectivity index (χ1n) is 7.62. The molecule has 2 heterocycles. The average Bonchev–Trinajstić information content (AvgIpc) is 3.16. The highest BCUT2D eigenvalue weighted by Gasteiger charge is 2.07. The number of rotatable bonds is 6. The molecule has 0 saturated heterocycles. The summed E-state index contributed by atoms with van der Waals surface area (Å²) < 4.78 is 13.1. The van der Waals surface area contributed by atoms with Gasteiger partial charge in [0.25, 0.3) is 0 Å². The van der Waals surface area contributed by atoms with Gasteiger partial charge in [0.1, 0.15) is 5.82 Å². The van der Waals surface area contributed by atoms with E-state index in [4.69, 9.17) is 0 Å². The highest BCUT2D eigenvalue weighted by Crippen LogP contribution is 2.29. The number of carbonyl (C=O) groups is 1. The van der Waals surface area contributed by atoms with Gasteiger partial charge in [0.2, 0.25) is 5.91 Å². The number of aromatic nitrogens is 1. The number of thiazole rings is 1. The van der Waals surface area contributed by atoms with Crippen LogP contribution in [0.1, 0.15) is 15.4 Å². The Morgan fingerprint density at radius 2 is 2.17 bits per heavy atom. The third-order valence-corrected chi connectivity index (χ3v) is 5.42. The summed E-state index contributed by atoms with van der Waals surface area (Å²) in [5, 5.41) is 6.00. The fourth-order valence-corrected chi connectivity index (χ4v) is 4.00. The van der Waals surface area contributed by atoms with Crippen LogP contribution in [0.2, 0.25) is 0 Å². The zero-order valence-electron chi connectivity index (χ0n) is 13.2. The van der Waals surface area contributed by atoms with Gasteiger partial charge >= 0.3 is 0 Å². The van der Waals surface area contributed by atoms with E-state index in [1.165, 1.54) is 17.0 Å². The first-order chi connectivity index (χ1) is 11.6. The Hall–Kier alpha value is -2.05. The maximum absolute atomic E-state index is 13.1. The maximum atomic E-state index is 13.1. The van der Waals surface area contributed by atoms with E-state index >= 15 is 0 Å². The molecular formula is C18H17FN2OS2. The van der Waals surface area contributed by atoms with Gasteiger partial charge < -0.3 is 5.32 Å². The van der Waals surface area contributed by atoms with Crippen LogP contribution in [0.3, 0.4) is 0 Å². The first-order valence-corrected chi connectivity index (χ1v) is 9.32. The molecule has 3 aromatic rings. The van der Waals surface area contributed by atoms with Crippen LogP contribution in [0.25, 0.3) is 10.6 Å². The standard InChI is InChI=1S/C18H17FN2OS2/c1-12-21-16(11-23-12)17-6-5-15(24-17)7-8-20-18(22)10-13-3-2-4-14(19)9-13/h2-6,9,11H,7-8,10H2,1H3,(H,20,22). The first kappa shape index (κ1) is 16.8. The summed E-state index contributed by atoms with van der Waals surface area (Å²) in [7, 11) is 0. The van der Waals surface area contributed by atoms with Gasteiger partial charge in [0.15, 0.2) is 0 Å². The lowest BCUT2D eigenvalue weighted by molar-refractivity contribution is -0.120. The average molecular weight is 360 g/mol. The summed E-state index contributed by atoms with van der Waals surface area (Å²) in [5.74, 6) is -0.406. The molecule has 0 aliphatic heterocycles. The molecule has 2 aromatic heterocycles. The second-order valence-electron chi connectivity index (χ2n) is 5.42. The maximum Gasteiger partial charge on any atom is 0.224 e. The number of hydrogen-bond acceptors (Lipinski definition) is 4. The van der Waals surface area contributed by atoms with Crippen molar-refractivity contribution in [3.63, 3.8) is 0 Å². The van der Waals surface area contributed by atoms with Gasteiger partial charge in [-0.1, -0.05) is 12.1 Å². The molecule has 0 saturated carbocycles. The van der Waals surface area contributed by atoms with E-state index in [-0.39, 0.29) is 18.1 Å². The molecule has 3 nitrogen and oxygen atoms in total. The van der Waals surface area contributed by atoms with Crippen LogP contribution in [0, 0.1) is 12.7 Å². The van der Waals surface area contributed by atoms with Crippen LogP contribution < -0.4 is 5.32 Å². The second kappa shape index (κ2) is 7.68. The van der Waals surface area contributed by atoms with Crippen LogP contribution in [0.15, 0.2) is 41.8 Å². The van der Waals surface area contributed by atoms with Gasteiger partial charge in [0.05, 0.1) is 22.0 Å². The largest absolute Gasteiger partial charge is 0.355 e. The van der Waals surface area contributed by atoms with Crippen molar-refractivity contribution in [2.24, 2.45) is 0 Å². The SMILES string of the molecule is Cc1nc(-c2ccc(CCNC(=O)Cc3cccc(F)c3)s2)cs1. The number of carbonyl (C=O) groups excluding carboxylic acids is 1. The lowest BCUT2D eigenvalue weighted by Crippen LogP contribution is -2.27. The molecule has 124 valence electrons. The third-order valence-electron chi connectivity index (χ3n) is 3.48. The summed E-state index contributed by atoms with van der Waals surface area (Å²) in [6.45, 7) is 2.57. The molecule has 6 heteroatoms. The molecule has 0 aliphatic rings. The van der Waals surface area contributed by atoms with E-state index in [2.05, 4.69) is 27.8 Å². The van der Waals surface area contributed by atoms with Crippen molar-refractivity contribution in [2.75, 3.05) is 6.54 Å². The summed E-state index contributed by atoms with van der Waals surface area (Å²) in [4.78, 5) is 18.8. The smallest absolute Gasteiger partial charge is 0.224 e. The Balaban J connectivity index is 1.48. The molecule has 1 aromatic carbocycles. The molecular weight excluding hydrogens is 343 g/mol. The Bertz CT molecular complexity index is 841. The quantitative estimate of drug-likeness (QED) is 0.715. The van der Waals surface area contributed by atoms with Crippen molar-refractivity contribution >= 4 is 28.6 Å². The van der Waals surface area contributed by atoms with E-state index in [0.29, 0.717) is 12.1 Å². The molecule has 0 radical (unpaired) electrons. The van der Waals surface area contributed by atoms with E-state index in [0.717, 1.165) is 22.0 Å². The molecule has 3 rings (SSSR count). The normalized spacial score (nSPS) is 10.8. The van der Waals surface area contributed by atoms with Crippen molar-refractivity contribution < 1.29 is 9.18 Å². The summed E-state index contributed by atoms with van der Waals surface area (Å²) in [6, 6.07) is 10.3. The molecule has 0 bridgehead atoms. The zero-order chi connectivity index (χ0) is 16.9. The Morgan fingerprint density at radius 1 is 1.29 bits per heavy atom. The minimum atomic E-state index is -0.316. The number of benzene rings is 1. The number of nitrogens with zero attached hydrogens (tertiary/aromatic N) is 1. The lowest BCUT2D eigenvalue weighted by atomic mass is 10.1. The van der Waals surface area contributed by atoms with Crippen LogP contribution in [-0.2, 0) is 17.6 Å². The van der Waals surface area contributed by atoms with Crippen LogP contribution in [-0.4, -0.2) is 17.4 Å². The van der Waals surface area contributed by atoms with Gasteiger partial charge in [-0.25, -0.2) is 9.37 Å². The summed E-state index contributed by atoms with van der Waals surface area (Å²) in [5.41, 5.74) is 1.70. The summed E-state index contributed by atoms with van der Waals surface area (Å²) >= 11 is 3.34. The van der Waals surface area contributed by atoms with Crippen molar-refractivity contribution in [3.8, 4) is 10.6 Å². The van der Waals surface area contributed by atoms with Crippen LogP contribution in [0.5, 0.6) is 0 Å². The molecule has 24 heavy (non-hydrogen) atoms. The zero-order valence-corrected chi connectivity index (χ0v) is 14.8. The van der Waals surface area contributed by atoms with E-state index < -0.39 is 0 Å². The number of amides is 1. The topological polar surface area (TPSA) is 42.0 Å². The number of halogens is 1. The Labute approximate surface area is 148 Å². The van der Waals surface area contributed by atoms with Gasteiger partial charge in [0, 0.05) is 16.8 Å². The monoisotopic (exact) mass is 360 g/mol. The Morgan fingerprint density at radius 3 is 2.92 bits per heavy atom. The number of nitrogens with one attached hydrogen (secondary N) is 1. The number of thiophene rings is 1. The minimum Gasteiger partial charge on any atom is -0.355 e. The van der Waals surface area contributed by atoms with Crippen molar-refractivity contribution in [3.05, 3.63) is 63.0 Å². The highest BCUT2D eigenvalue weighted by molar-refractivity contribution is 7.16. The second-order valence-corrected chi connectivity index (χ2v) is 7.65. The highest BCUT2D eigenvalue weighted by atomic mass is 32.1. The fraction of sp³-hybridized carbons (Fsp3) is 0.222. The Kier molecular flexibility index (Phi) is 5.37. The molecule has 1 N–H and O–H groups in total. The predicted octanol–water partition coefficient (Wildman–Crippen LogP) is 4.22. The van der Waals surface area contributed by atoms with E-state index in [1.807, 2.05) is 6.92 Å². The van der Waals surface area contributed by atoms with Gasteiger partial charge in [-0.2, -0.15) is 0 Å². The van der Waals surface area contributed by atoms with Crippen LogP contribution >= 0.6 is 22.7 Å². The molecule has 0 unspecified atom stereocenters. The molecule has 0 aliphatic carbocycles. The lowest BCUT2D eigenvalue weighted by Gasteiger charge is -2.04. The van der Waals surface area contributed by atoms with Crippen LogP contribution in [0.4, 0.5) is 4.39 Å². The van der Waals surface area contributed by atoms with Crippen molar-refractivity contribution in [2.45, 2.75) is 19.8 Å². The van der Waals surface area contributed by atoms with Crippen molar-refractivity contribution in [1.29, 1.82) is 0 Å². The predicted molar refractivity (Wildman–Crippen MR) is 97.0 cm³/mol. The van der Waals surface area contributed by atoms with Crippen molar-refractivity contribution in [1.82, 2.24) is 10.3 Å². The fourth-order valence-electron chi connectivity index (χ4n) is 2.35. The van der Waals surface area contributed by atoms with Gasteiger partial charge in [-0.3, -0.25) is 4.79 Å². The van der Waals surface area contributed by atoms with E-state index in [1.54, 1.807) is 34.8 Å². The van der Waals surface area contributed by atoms with Gasteiger partial charge in [-0.15, -0.1) is 22.7 Å². The minimum absolute atomic E-state index is 0.0903. The molecule has 0 atom stereocenters. The molecule has 0 spiro atoms. The number of aryl methyl sites for hydroxylation is 1. The number of hydrogen-bond donors (Lipinski definition) is 1. The van der Waals surface area contributed by atoms with Gasteiger partial charge in [-0.05, 0) is 43.2 Å². The van der Waals surface area contributed by atoms with E-state index in [9.17, 15) is 9.18 Å². The third kappa shape index (κ3) is 4.49. The summed E-state index contributed by atoms with van der Waals surface area (Å²) in [6.07, 6.45) is 0.980.